The Morgan fingerprint density at radius 3 is 2.19 bits per heavy atom. The SMILES string of the molecule is CCCNS(=O)(=O)c1c(C)cc(Br)cc1C. The van der Waals surface area contributed by atoms with Gasteiger partial charge in [-0.1, -0.05) is 22.9 Å². The number of aryl methyl sites for hydroxylation is 2. The normalized spacial score (nSPS) is 11.8. The molecule has 0 saturated heterocycles. The van der Waals surface area contributed by atoms with Crippen LogP contribution in [0.1, 0.15) is 24.5 Å². The highest BCUT2D eigenvalue weighted by molar-refractivity contribution is 9.10. The molecule has 0 spiro atoms. The van der Waals surface area contributed by atoms with Crippen LogP contribution in [0.3, 0.4) is 0 Å². The molecule has 0 aliphatic carbocycles. The summed E-state index contributed by atoms with van der Waals surface area (Å²) in [6, 6.07) is 3.63. The van der Waals surface area contributed by atoms with Gasteiger partial charge < -0.3 is 0 Å². The molecule has 0 amide bonds. The highest BCUT2D eigenvalue weighted by Crippen LogP contribution is 2.24. The molecule has 1 aromatic rings. The molecular formula is C11H16BrNO2S. The van der Waals surface area contributed by atoms with Gasteiger partial charge in [0.2, 0.25) is 10.0 Å². The molecule has 0 atom stereocenters. The lowest BCUT2D eigenvalue weighted by molar-refractivity contribution is 0.579. The molecule has 0 aliphatic heterocycles. The first-order chi connectivity index (χ1) is 7.38. The maximum absolute atomic E-state index is 12.0. The maximum atomic E-state index is 12.0. The average Bonchev–Trinajstić information content (AvgIpc) is 2.12. The topological polar surface area (TPSA) is 46.2 Å². The van der Waals surface area contributed by atoms with Gasteiger partial charge in [0.25, 0.3) is 0 Å². The second-order valence-electron chi connectivity index (χ2n) is 3.77. The van der Waals surface area contributed by atoms with Gasteiger partial charge in [-0.15, -0.1) is 0 Å². The van der Waals surface area contributed by atoms with Crippen LogP contribution in [0.4, 0.5) is 0 Å². The largest absolute Gasteiger partial charge is 0.241 e. The highest BCUT2D eigenvalue weighted by atomic mass is 79.9. The van der Waals surface area contributed by atoms with E-state index in [0.29, 0.717) is 11.4 Å². The van der Waals surface area contributed by atoms with Gasteiger partial charge in [0.05, 0.1) is 4.90 Å². The zero-order chi connectivity index (χ0) is 12.3. The Kier molecular flexibility index (Phi) is 4.52. The monoisotopic (exact) mass is 305 g/mol. The third-order valence-electron chi connectivity index (χ3n) is 2.24. The van der Waals surface area contributed by atoms with E-state index in [9.17, 15) is 8.42 Å². The molecule has 0 heterocycles. The number of sulfonamides is 1. The Balaban J connectivity index is 3.23. The van der Waals surface area contributed by atoms with Crippen LogP contribution in [-0.4, -0.2) is 15.0 Å². The van der Waals surface area contributed by atoms with Crippen molar-refractivity contribution in [1.29, 1.82) is 0 Å². The van der Waals surface area contributed by atoms with E-state index in [-0.39, 0.29) is 0 Å². The summed E-state index contributed by atoms with van der Waals surface area (Å²) in [7, 11) is -3.37. The Bertz CT molecular complexity index is 460. The van der Waals surface area contributed by atoms with Crippen molar-refractivity contribution in [2.45, 2.75) is 32.1 Å². The fourth-order valence-electron chi connectivity index (χ4n) is 1.63. The smallest absolute Gasteiger partial charge is 0.211 e. The molecule has 0 fully saturated rings. The van der Waals surface area contributed by atoms with E-state index in [2.05, 4.69) is 20.7 Å². The first kappa shape index (κ1) is 13.7. The van der Waals surface area contributed by atoms with E-state index in [0.717, 1.165) is 22.0 Å². The van der Waals surface area contributed by atoms with Gasteiger partial charge in [0.1, 0.15) is 0 Å². The van der Waals surface area contributed by atoms with E-state index >= 15 is 0 Å². The van der Waals surface area contributed by atoms with Crippen molar-refractivity contribution in [3.63, 3.8) is 0 Å². The third-order valence-corrected chi connectivity index (χ3v) is 4.46. The van der Waals surface area contributed by atoms with Gasteiger partial charge in [-0.3, -0.25) is 0 Å². The van der Waals surface area contributed by atoms with Crippen molar-refractivity contribution in [1.82, 2.24) is 4.72 Å². The number of hydrogen-bond acceptors (Lipinski definition) is 2. The van der Waals surface area contributed by atoms with E-state index in [1.807, 2.05) is 19.1 Å². The lowest BCUT2D eigenvalue weighted by atomic mass is 10.2. The van der Waals surface area contributed by atoms with Gasteiger partial charge in [0, 0.05) is 11.0 Å². The quantitative estimate of drug-likeness (QED) is 0.930. The summed E-state index contributed by atoms with van der Waals surface area (Å²) in [4.78, 5) is 0.393. The van der Waals surface area contributed by atoms with Crippen molar-refractivity contribution in [2.75, 3.05) is 6.54 Å². The molecule has 0 aliphatic rings. The third kappa shape index (κ3) is 3.06. The minimum Gasteiger partial charge on any atom is -0.211 e. The van der Waals surface area contributed by atoms with E-state index < -0.39 is 10.0 Å². The van der Waals surface area contributed by atoms with Crippen LogP contribution in [0, 0.1) is 13.8 Å². The summed E-state index contributed by atoms with van der Waals surface area (Å²) < 4.78 is 27.5. The van der Waals surface area contributed by atoms with Gasteiger partial charge in [-0.25, -0.2) is 13.1 Å². The molecule has 90 valence electrons. The Labute approximate surface area is 105 Å². The van der Waals surface area contributed by atoms with Crippen LogP contribution in [0.5, 0.6) is 0 Å². The second-order valence-corrected chi connectivity index (χ2v) is 6.39. The standard InChI is InChI=1S/C11H16BrNO2S/c1-4-5-13-16(14,15)11-8(2)6-10(12)7-9(11)3/h6-7,13H,4-5H2,1-3H3. The van der Waals surface area contributed by atoms with Crippen molar-refractivity contribution in [3.8, 4) is 0 Å². The van der Waals surface area contributed by atoms with Gasteiger partial charge in [0.15, 0.2) is 0 Å². The van der Waals surface area contributed by atoms with E-state index in [1.54, 1.807) is 13.8 Å². The molecule has 0 radical (unpaired) electrons. The van der Waals surface area contributed by atoms with Crippen LogP contribution in [-0.2, 0) is 10.0 Å². The molecule has 0 aromatic heterocycles. The maximum Gasteiger partial charge on any atom is 0.241 e. The minimum absolute atomic E-state index is 0.393. The lowest BCUT2D eigenvalue weighted by Crippen LogP contribution is -2.25. The Morgan fingerprint density at radius 2 is 1.75 bits per heavy atom. The average molecular weight is 306 g/mol. The number of rotatable bonds is 4. The summed E-state index contributed by atoms with van der Waals surface area (Å²) in [6.45, 7) is 6.01. The summed E-state index contributed by atoms with van der Waals surface area (Å²) in [6.07, 6.45) is 0.786. The molecule has 0 saturated carbocycles. The molecule has 16 heavy (non-hydrogen) atoms. The zero-order valence-corrected chi connectivity index (χ0v) is 12.1. The minimum atomic E-state index is -3.37. The van der Waals surface area contributed by atoms with Gasteiger partial charge in [-0.2, -0.15) is 0 Å². The molecular weight excluding hydrogens is 290 g/mol. The number of hydrogen-bond donors (Lipinski definition) is 1. The van der Waals surface area contributed by atoms with Crippen LogP contribution in [0.2, 0.25) is 0 Å². The van der Waals surface area contributed by atoms with Crippen molar-refractivity contribution >= 4 is 26.0 Å². The zero-order valence-electron chi connectivity index (χ0n) is 9.67. The fraction of sp³-hybridized carbons (Fsp3) is 0.455. The summed E-state index contributed by atoms with van der Waals surface area (Å²) in [5, 5.41) is 0. The van der Waals surface area contributed by atoms with E-state index in [4.69, 9.17) is 0 Å². The molecule has 0 bridgehead atoms. The first-order valence-electron chi connectivity index (χ1n) is 5.15. The molecule has 1 rings (SSSR count). The molecule has 1 N–H and O–H groups in total. The lowest BCUT2D eigenvalue weighted by Gasteiger charge is -2.12. The Hall–Kier alpha value is -0.390. The van der Waals surface area contributed by atoms with Crippen LogP contribution in [0.15, 0.2) is 21.5 Å². The second kappa shape index (κ2) is 5.29. The number of halogens is 1. The number of nitrogens with one attached hydrogen (secondary N) is 1. The van der Waals surface area contributed by atoms with Gasteiger partial charge >= 0.3 is 0 Å². The predicted octanol–water partition coefficient (Wildman–Crippen LogP) is 2.75. The van der Waals surface area contributed by atoms with Gasteiger partial charge in [-0.05, 0) is 43.5 Å². The summed E-state index contributed by atoms with van der Waals surface area (Å²) in [5.74, 6) is 0. The first-order valence-corrected chi connectivity index (χ1v) is 7.42. The number of benzene rings is 1. The summed E-state index contributed by atoms with van der Waals surface area (Å²) in [5.41, 5.74) is 1.52. The van der Waals surface area contributed by atoms with Crippen molar-refractivity contribution in [2.24, 2.45) is 0 Å². The van der Waals surface area contributed by atoms with Crippen molar-refractivity contribution in [3.05, 3.63) is 27.7 Å². The fourth-order valence-corrected chi connectivity index (χ4v) is 3.90. The molecule has 0 unspecified atom stereocenters. The predicted molar refractivity (Wildman–Crippen MR) is 69.1 cm³/mol. The van der Waals surface area contributed by atoms with Crippen molar-refractivity contribution < 1.29 is 8.42 Å². The van der Waals surface area contributed by atoms with Crippen LogP contribution < -0.4 is 4.72 Å². The van der Waals surface area contributed by atoms with Crippen LogP contribution >= 0.6 is 15.9 Å². The summed E-state index contributed by atoms with van der Waals surface area (Å²) >= 11 is 3.35. The van der Waals surface area contributed by atoms with Crippen LogP contribution in [0.25, 0.3) is 0 Å². The molecule has 5 heteroatoms. The molecule has 1 aromatic carbocycles. The highest BCUT2D eigenvalue weighted by Gasteiger charge is 2.18. The van der Waals surface area contributed by atoms with E-state index in [1.165, 1.54) is 0 Å². The Morgan fingerprint density at radius 1 is 1.25 bits per heavy atom. The molecule has 3 nitrogen and oxygen atoms in total.